The van der Waals surface area contributed by atoms with E-state index in [4.69, 9.17) is 5.73 Å². The van der Waals surface area contributed by atoms with Crippen molar-refractivity contribution >= 4 is 38.4 Å². The van der Waals surface area contributed by atoms with Crippen LogP contribution >= 0.6 is 11.3 Å². The van der Waals surface area contributed by atoms with E-state index in [-0.39, 0.29) is 0 Å². The maximum absolute atomic E-state index is 6.15. The van der Waals surface area contributed by atoms with Crippen molar-refractivity contribution in [2.75, 3.05) is 18.8 Å². The average molecular weight is 329 g/mol. The standard InChI is InChI=1S/C17H23N5S/c1-2-3-4-13-21-14-15(22-13)17(18)20-11-9-12(23-16(11)14)10-5-7-19-8-6-10/h9-10,19H,2-8H2,1H3,(H2,18,20)(H,21,22). The van der Waals surface area contributed by atoms with Crippen LogP contribution in [0.25, 0.3) is 21.3 Å². The van der Waals surface area contributed by atoms with Crippen molar-refractivity contribution in [2.45, 2.75) is 44.9 Å². The molecule has 1 fully saturated rings. The normalized spacial score (nSPS) is 16.6. The van der Waals surface area contributed by atoms with Crippen molar-refractivity contribution in [3.8, 4) is 0 Å². The number of aryl methyl sites for hydroxylation is 1. The van der Waals surface area contributed by atoms with E-state index < -0.39 is 0 Å². The summed E-state index contributed by atoms with van der Waals surface area (Å²) in [7, 11) is 0. The molecule has 3 aromatic rings. The molecule has 122 valence electrons. The highest BCUT2D eigenvalue weighted by Gasteiger charge is 2.20. The number of imidazole rings is 1. The summed E-state index contributed by atoms with van der Waals surface area (Å²) in [6, 6.07) is 2.23. The first-order valence-corrected chi connectivity index (χ1v) is 9.36. The van der Waals surface area contributed by atoms with Crippen LogP contribution in [0.5, 0.6) is 0 Å². The van der Waals surface area contributed by atoms with E-state index in [0.717, 1.165) is 48.3 Å². The van der Waals surface area contributed by atoms with Gasteiger partial charge in [-0.1, -0.05) is 13.3 Å². The van der Waals surface area contributed by atoms with E-state index in [1.54, 1.807) is 0 Å². The smallest absolute Gasteiger partial charge is 0.152 e. The van der Waals surface area contributed by atoms with Gasteiger partial charge in [-0.05, 0) is 44.3 Å². The van der Waals surface area contributed by atoms with Crippen molar-refractivity contribution < 1.29 is 0 Å². The molecule has 0 aliphatic carbocycles. The predicted molar refractivity (Wildman–Crippen MR) is 97.1 cm³/mol. The van der Waals surface area contributed by atoms with E-state index in [9.17, 15) is 0 Å². The summed E-state index contributed by atoms with van der Waals surface area (Å²) in [5.74, 6) is 2.22. The molecule has 0 unspecified atom stereocenters. The van der Waals surface area contributed by atoms with Gasteiger partial charge >= 0.3 is 0 Å². The van der Waals surface area contributed by atoms with Crippen LogP contribution in [0, 0.1) is 0 Å². The first kappa shape index (κ1) is 14.9. The third kappa shape index (κ3) is 2.70. The molecular formula is C17H23N5S. The molecule has 0 amide bonds. The number of H-pyrrole nitrogens is 1. The summed E-state index contributed by atoms with van der Waals surface area (Å²) in [6.45, 7) is 4.41. The number of nitrogens with two attached hydrogens (primary N) is 1. The molecule has 3 aromatic heterocycles. The molecule has 23 heavy (non-hydrogen) atoms. The molecule has 1 aliphatic heterocycles. The van der Waals surface area contributed by atoms with Gasteiger partial charge in [-0.3, -0.25) is 0 Å². The van der Waals surface area contributed by atoms with Gasteiger partial charge in [-0.2, -0.15) is 0 Å². The summed E-state index contributed by atoms with van der Waals surface area (Å²) < 4.78 is 1.21. The van der Waals surface area contributed by atoms with Gasteiger partial charge in [0, 0.05) is 11.3 Å². The molecule has 6 heteroatoms. The van der Waals surface area contributed by atoms with E-state index in [2.05, 4.69) is 33.3 Å². The molecule has 4 rings (SSSR count). The van der Waals surface area contributed by atoms with Gasteiger partial charge in [-0.25, -0.2) is 9.97 Å². The Kier molecular flexibility index (Phi) is 3.95. The molecular weight excluding hydrogens is 306 g/mol. The van der Waals surface area contributed by atoms with E-state index in [1.807, 2.05) is 11.3 Å². The molecule has 0 aromatic carbocycles. The molecule has 0 atom stereocenters. The highest BCUT2D eigenvalue weighted by atomic mass is 32.1. The number of nitrogen functional groups attached to an aromatic ring is 1. The number of hydrogen-bond donors (Lipinski definition) is 3. The van der Waals surface area contributed by atoms with Crippen LogP contribution in [-0.2, 0) is 6.42 Å². The Morgan fingerprint density at radius 2 is 2.13 bits per heavy atom. The van der Waals surface area contributed by atoms with Gasteiger partial charge in [0.1, 0.15) is 11.3 Å². The summed E-state index contributed by atoms with van der Waals surface area (Å²) in [4.78, 5) is 14.2. The number of nitrogens with one attached hydrogen (secondary N) is 2. The van der Waals surface area contributed by atoms with Crippen LogP contribution in [0.3, 0.4) is 0 Å². The van der Waals surface area contributed by atoms with E-state index in [0.29, 0.717) is 11.7 Å². The number of piperidine rings is 1. The fourth-order valence-corrected chi connectivity index (χ4v) is 4.65. The van der Waals surface area contributed by atoms with Gasteiger partial charge < -0.3 is 16.0 Å². The number of unbranched alkanes of at least 4 members (excludes halogenated alkanes) is 1. The maximum Gasteiger partial charge on any atom is 0.152 e. The largest absolute Gasteiger partial charge is 0.382 e. The minimum Gasteiger partial charge on any atom is -0.382 e. The summed E-state index contributed by atoms with van der Waals surface area (Å²) >= 11 is 1.86. The number of thiophene rings is 1. The van der Waals surface area contributed by atoms with Crippen molar-refractivity contribution in [1.82, 2.24) is 20.3 Å². The second kappa shape index (κ2) is 6.09. The lowest BCUT2D eigenvalue weighted by atomic mass is 9.96. The van der Waals surface area contributed by atoms with Gasteiger partial charge in [0.05, 0.1) is 15.7 Å². The minimum atomic E-state index is 0.543. The van der Waals surface area contributed by atoms with E-state index in [1.165, 1.54) is 28.8 Å². The maximum atomic E-state index is 6.15. The zero-order valence-electron chi connectivity index (χ0n) is 13.5. The van der Waals surface area contributed by atoms with Crippen molar-refractivity contribution in [1.29, 1.82) is 0 Å². The highest BCUT2D eigenvalue weighted by Crippen LogP contribution is 2.38. The number of hydrogen-bond acceptors (Lipinski definition) is 5. The van der Waals surface area contributed by atoms with Crippen LogP contribution in [0.1, 0.15) is 49.2 Å². The number of pyridine rings is 1. The molecule has 0 radical (unpaired) electrons. The lowest BCUT2D eigenvalue weighted by Gasteiger charge is -2.21. The molecule has 0 saturated carbocycles. The molecule has 1 aliphatic rings. The summed E-state index contributed by atoms with van der Waals surface area (Å²) in [6.07, 6.45) is 5.69. The molecule has 5 nitrogen and oxygen atoms in total. The molecule has 4 heterocycles. The monoisotopic (exact) mass is 329 g/mol. The van der Waals surface area contributed by atoms with Crippen LogP contribution < -0.4 is 11.1 Å². The number of anilines is 1. The lowest BCUT2D eigenvalue weighted by molar-refractivity contribution is 0.465. The van der Waals surface area contributed by atoms with E-state index >= 15 is 0 Å². The number of rotatable bonds is 4. The first-order valence-electron chi connectivity index (χ1n) is 8.54. The minimum absolute atomic E-state index is 0.543. The zero-order valence-corrected chi connectivity index (χ0v) is 14.3. The van der Waals surface area contributed by atoms with Gasteiger partial charge in [0.2, 0.25) is 0 Å². The number of aromatic amines is 1. The third-order valence-electron chi connectivity index (χ3n) is 4.70. The Morgan fingerprint density at radius 1 is 1.30 bits per heavy atom. The lowest BCUT2D eigenvalue weighted by Crippen LogP contribution is -2.26. The Morgan fingerprint density at radius 3 is 2.91 bits per heavy atom. The fourth-order valence-electron chi connectivity index (χ4n) is 3.39. The fraction of sp³-hybridized carbons (Fsp3) is 0.529. The zero-order chi connectivity index (χ0) is 15.8. The van der Waals surface area contributed by atoms with Crippen LogP contribution in [0.15, 0.2) is 6.07 Å². The highest BCUT2D eigenvalue weighted by molar-refractivity contribution is 7.20. The van der Waals surface area contributed by atoms with Crippen molar-refractivity contribution in [2.24, 2.45) is 0 Å². The van der Waals surface area contributed by atoms with Crippen LogP contribution in [-0.4, -0.2) is 28.0 Å². The quantitative estimate of drug-likeness (QED) is 0.684. The Labute approximate surface area is 139 Å². The predicted octanol–water partition coefficient (Wildman–Crippen LogP) is 3.56. The Hall–Kier alpha value is -1.66. The topological polar surface area (TPSA) is 79.6 Å². The second-order valence-corrected chi connectivity index (χ2v) is 7.48. The van der Waals surface area contributed by atoms with Gasteiger partial charge in [0.15, 0.2) is 5.82 Å². The van der Waals surface area contributed by atoms with Crippen LogP contribution in [0.4, 0.5) is 5.82 Å². The number of aromatic nitrogens is 3. The first-order chi connectivity index (χ1) is 11.3. The number of nitrogens with zero attached hydrogens (tertiary/aromatic N) is 2. The molecule has 1 saturated heterocycles. The van der Waals surface area contributed by atoms with Crippen molar-refractivity contribution in [3.63, 3.8) is 0 Å². The van der Waals surface area contributed by atoms with Gasteiger partial charge in [0.25, 0.3) is 0 Å². The molecule has 0 spiro atoms. The summed E-state index contributed by atoms with van der Waals surface area (Å²) in [5.41, 5.74) is 9.07. The Balaban J connectivity index is 1.79. The molecule has 4 N–H and O–H groups in total. The second-order valence-electron chi connectivity index (χ2n) is 6.40. The summed E-state index contributed by atoms with van der Waals surface area (Å²) in [5, 5.41) is 3.43. The SMILES string of the molecule is CCCCc1nc2c(N)nc3cc(C4CCNCC4)sc3c2[nH]1. The third-order valence-corrected chi connectivity index (χ3v) is 6.01. The van der Waals surface area contributed by atoms with Gasteiger partial charge in [-0.15, -0.1) is 11.3 Å². The average Bonchev–Trinajstić information content (AvgIpc) is 3.18. The molecule has 0 bridgehead atoms. The van der Waals surface area contributed by atoms with Crippen molar-refractivity contribution in [3.05, 3.63) is 16.8 Å². The Bertz CT molecular complexity index is 828. The van der Waals surface area contributed by atoms with Crippen LogP contribution in [0.2, 0.25) is 0 Å². The number of fused-ring (bicyclic) bond motifs is 3.